The molecule has 2 aromatic carbocycles. The third-order valence-corrected chi connectivity index (χ3v) is 3.80. The van der Waals surface area contributed by atoms with Crippen LogP contribution in [0.1, 0.15) is 23.7 Å². The highest BCUT2D eigenvalue weighted by molar-refractivity contribution is 5.67. The monoisotopic (exact) mass is 378 g/mol. The van der Waals surface area contributed by atoms with Gasteiger partial charge in [0.1, 0.15) is 12.7 Å². The van der Waals surface area contributed by atoms with Crippen LogP contribution in [0.5, 0.6) is 0 Å². The molecule has 1 amide bonds. The molecule has 144 valence electrons. The number of aliphatic hydroxyl groups is 2. The Morgan fingerprint density at radius 3 is 2.56 bits per heavy atom. The van der Waals surface area contributed by atoms with Crippen LogP contribution in [-0.2, 0) is 11.3 Å². The summed E-state index contributed by atoms with van der Waals surface area (Å²) in [5.74, 6) is -1.11. The molecule has 0 heterocycles. The van der Waals surface area contributed by atoms with Crippen LogP contribution >= 0.6 is 0 Å². The number of amides is 1. The minimum absolute atomic E-state index is 0.00254. The maximum Gasteiger partial charge on any atom is 0.407 e. The lowest BCUT2D eigenvalue weighted by Crippen LogP contribution is -2.29. The van der Waals surface area contributed by atoms with Gasteiger partial charge in [-0.3, -0.25) is 10.1 Å². The molecule has 0 aliphatic heterocycles. The van der Waals surface area contributed by atoms with E-state index < -0.39 is 34.7 Å². The quantitative estimate of drug-likeness (QED) is 0.479. The number of alkyl carbamates (subject to hydrolysis) is 1. The lowest BCUT2D eigenvalue weighted by atomic mass is 10.0. The molecule has 0 spiro atoms. The first-order valence-electron chi connectivity index (χ1n) is 8.13. The number of aliphatic hydroxyl groups excluding tert-OH is 2. The number of carbonyl (C=O) groups excluding carboxylic acids is 1. The van der Waals surface area contributed by atoms with E-state index in [1.165, 1.54) is 0 Å². The SMILES string of the molecule is O=C(NCCC(O)C(O)c1ccc([N+](=O)[O-])c(F)c1)OCc1ccccc1. The number of hydrogen-bond acceptors (Lipinski definition) is 6. The molecule has 2 rings (SSSR count). The highest BCUT2D eigenvalue weighted by Crippen LogP contribution is 2.24. The second-order valence-corrected chi connectivity index (χ2v) is 5.76. The normalized spacial score (nSPS) is 12.9. The second-order valence-electron chi connectivity index (χ2n) is 5.76. The van der Waals surface area contributed by atoms with Crippen LogP contribution < -0.4 is 5.32 Å². The van der Waals surface area contributed by atoms with Crippen molar-refractivity contribution < 1.29 is 29.1 Å². The van der Waals surface area contributed by atoms with Gasteiger partial charge in [-0.2, -0.15) is 4.39 Å². The predicted octanol–water partition coefficient (Wildman–Crippen LogP) is 2.44. The summed E-state index contributed by atoms with van der Waals surface area (Å²) < 4.78 is 18.6. The van der Waals surface area contributed by atoms with Gasteiger partial charge in [0.05, 0.1) is 11.0 Å². The van der Waals surface area contributed by atoms with Crippen molar-refractivity contribution in [1.82, 2.24) is 5.32 Å². The van der Waals surface area contributed by atoms with Gasteiger partial charge in [0.2, 0.25) is 5.82 Å². The maximum absolute atomic E-state index is 13.6. The Hall–Kier alpha value is -3.04. The predicted molar refractivity (Wildman–Crippen MR) is 93.3 cm³/mol. The smallest absolute Gasteiger partial charge is 0.407 e. The number of nitrogens with one attached hydrogen (secondary N) is 1. The Labute approximate surface area is 154 Å². The van der Waals surface area contributed by atoms with Crippen LogP contribution in [0, 0.1) is 15.9 Å². The lowest BCUT2D eigenvalue weighted by Gasteiger charge is -2.18. The molecule has 9 heteroatoms. The summed E-state index contributed by atoms with van der Waals surface area (Å²) in [6.07, 6.45) is -3.47. The fourth-order valence-electron chi connectivity index (χ4n) is 2.33. The van der Waals surface area contributed by atoms with E-state index in [0.29, 0.717) is 0 Å². The Balaban J connectivity index is 1.77. The van der Waals surface area contributed by atoms with Gasteiger partial charge >= 0.3 is 11.8 Å². The Bertz CT molecular complexity index is 787. The molecular weight excluding hydrogens is 359 g/mol. The summed E-state index contributed by atoms with van der Waals surface area (Å²) in [5, 5.41) is 33.0. The molecule has 3 N–H and O–H groups in total. The largest absolute Gasteiger partial charge is 0.445 e. The van der Waals surface area contributed by atoms with Gasteiger partial charge in [-0.05, 0) is 29.7 Å². The van der Waals surface area contributed by atoms with Crippen LogP contribution in [0.2, 0.25) is 0 Å². The average molecular weight is 378 g/mol. The number of benzene rings is 2. The van der Waals surface area contributed by atoms with Crippen LogP contribution in [0.25, 0.3) is 0 Å². The number of nitro benzene ring substituents is 1. The fourth-order valence-corrected chi connectivity index (χ4v) is 2.33. The first-order chi connectivity index (χ1) is 12.9. The van der Waals surface area contributed by atoms with E-state index in [2.05, 4.69) is 5.32 Å². The molecule has 0 bridgehead atoms. The summed E-state index contributed by atoms with van der Waals surface area (Å²) in [7, 11) is 0. The zero-order valence-corrected chi connectivity index (χ0v) is 14.2. The van der Waals surface area contributed by atoms with Crippen molar-refractivity contribution >= 4 is 11.8 Å². The number of nitrogens with zero attached hydrogens (tertiary/aromatic N) is 1. The lowest BCUT2D eigenvalue weighted by molar-refractivity contribution is -0.387. The number of halogens is 1. The topological polar surface area (TPSA) is 122 Å². The zero-order valence-electron chi connectivity index (χ0n) is 14.2. The Kier molecular flexibility index (Phi) is 7.21. The van der Waals surface area contributed by atoms with Crippen molar-refractivity contribution in [3.63, 3.8) is 0 Å². The highest BCUT2D eigenvalue weighted by atomic mass is 19.1. The molecule has 8 nitrogen and oxygen atoms in total. The first-order valence-corrected chi connectivity index (χ1v) is 8.13. The van der Waals surface area contributed by atoms with Crippen LogP contribution in [0.15, 0.2) is 48.5 Å². The maximum atomic E-state index is 13.6. The summed E-state index contributed by atoms with van der Waals surface area (Å²) >= 11 is 0. The van der Waals surface area contributed by atoms with Crippen LogP contribution in [0.3, 0.4) is 0 Å². The molecular formula is C18H19FN2O6. The van der Waals surface area contributed by atoms with E-state index in [1.807, 2.05) is 18.2 Å². The minimum atomic E-state index is -1.46. The molecule has 0 saturated heterocycles. The highest BCUT2D eigenvalue weighted by Gasteiger charge is 2.22. The molecule has 0 aliphatic rings. The minimum Gasteiger partial charge on any atom is -0.445 e. The van der Waals surface area contributed by atoms with Crippen molar-refractivity contribution in [3.05, 3.63) is 75.6 Å². The van der Waals surface area contributed by atoms with Crippen molar-refractivity contribution in [3.8, 4) is 0 Å². The van der Waals surface area contributed by atoms with Crippen molar-refractivity contribution in [1.29, 1.82) is 0 Å². The van der Waals surface area contributed by atoms with Gasteiger partial charge in [0, 0.05) is 12.6 Å². The van der Waals surface area contributed by atoms with E-state index in [0.717, 1.165) is 23.8 Å². The van der Waals surface area contributed by atoms with Crippen LogP contribution in [-0.4, -0.2) is 33.9 Å². The third kappa shape index (κ3) is 6.01. The van der Waals surface area contributed by atoms with Crippen molar-refractivity contribution in [2.75, 3.05) is 6.54 Å². The standard InChI is InChI=1S/C18H19FN2O6/c19-14-10-13(6-7-15(14)21(25)26)17(23)16(22)8-9-20-18(24)27-11-12-4-2-1-3-5-12/h1-7,10,16-17,22-23H,8-9,11H2,(H,20,24). The van der Waals surface area contributed by atoms with Gasteiger partial charge in [0.15, 0.2) is 0 Å². The number of nitro groups is 1. The van der Waals surface area contributed by atoms with Crippen molar-refractivity contribution in [2.45, 2.75) is 25.2 Å². The van der Waals surface area contributed by atoms with E-state index >= 15 is 0 Å². The first kappa shape index (κ1) is 20.3. The summed E-state index contributed by atoms with van der Waals surface area (Å²) in [4.78, 5) is 21.3. The summed E-state index contributed by atoms with van der Waals surface area (Å²) in [6.45, 7) is 0.112. The zero-order chi connectivity index (χ0) is 19.8. The van der Waals surface area contributed by atoms with Crippen molar-refractivity contribution in [2.24, 2.45) is 0 Å². The molecule has 0 aromatic heterocycles. The number of carbonyl (C=O) groups is 1. The van der Waals surface area contributed by atoms with Gasteiger partial charge < -0.3 is 20.3 Å². The summed E-state index contributed by atoms with van der Waals surface area (Å²) in [5.41, 5.74) is 0.101. The Morgan fingerprint density at radius 1 is 1.22 bits per heavy atom. The van der Waals surface area contributed by atoms with Crippen LogP contribution in [0.4, 0.5) is 14.9 Å². The molecule has 0 aliphatic carbocycles. The molecule has 2 aromatic rings. The summed E-state index contributed by atoms with van der Waals surface area (Å²) in [6, 6.07) is 12.0. The van der Waals surface area contributed by atoms with E-state index in [1.54, 1.807) is 12.1 Å². The van der Waals surface area contributed by atoms with E-state index in [-0.39, 0.29) is 25.1 Å². The number of hydrogen-bond donors (Lipinski definition) is 3. The van der Waals surface area contributed by atoms with E-state index in [4.69, 9.17) is 4.74 Å². The van der Waals surface area contributed by atoms with Gasteiger partial charge in [0.25, 0.3) is 0 Å². The molecule has 27 heavy (non-hydrogen) atoms. The molecule has 0 saturated carbocycles. The average Bonchev–Trinajstić information content (AvgIpc) is 2.66. The number of ether oxygens (including phenoxy) is 1. The van der Waals surface area contributed by atoms with E-state index in [9.17, 15) is 29.5 Å². The van der Waals surface area contributed by atoms with Gasteiger partial charge in [-0.1, -0.05) is 30.3 Å². The molecule has 2 unspecified atom stereocenters. The number of rotatable bonds is 8. The molecule has 0 radical (unpaired) electrons. The second kappa shape index (κ2) is 9.60. The molecule has 0 fully saturated rings. The van der Waals surface area contributed by atoms with Gasteiger partial charge in [-0.15, -0.1) is 0 Å². The van der Waals surface area contributed by atoms with Gasteiger partial charge in [-0.25, -0.2) is 4.79 Å². The fraction of sp³-hybridized carbons (Fsp3) is 0.278. The molecule has 2 atom stereocenters. The Morgan fingerprint density at radius 2 is 1.93 bits per heavy atom. The third-order valence-electron chi connectivity index (χ3n) is 3.80.